The van der Waals surface area contributed by atoms with Crippen LogP contribution < -0.4 is 5.32 Å². The number of nitrogens with one attached hydrogen (secondary N) is 1. The van der Waals surface area contributed by atoms with Crippen LogP contribution >= 0.6 is 23.2 Å². The molecule has 3 rings (SSSR count). The van der Waals surface area contributed by atoms with Crippen LogP contribution in [-0.2, 0) is 16.1 Å². The predicted molar refractivity (Wildman–Crippen MR) is 112 cm³/mol. The summed E-state index contributed by atoms with van der Waals surface area (Å²) in [5.41, 5.74) is 1.46. The molecule has 0 radical (unpaired) electrons. The number of aryl methyl sites for hydroxylation is 1. The lowest BCUT2D eigenvalue weighted by Gasteiger charge is -2.13. The first-order chi connectivity index (χ1) is 14.3. The van der Waals surface area contributed by atoms with Gasteiger partial charge in [-0.2, -0.15) is 5.10 Å². The maximum absolute atomic E-state index is 13.3. The van der Waals surface area contributed by atoms with Crippen molar-refractivity contribution < 1.29 is 18.7 Å². The van der Waals surface area contributed by atoms with E-state index in [1.807, 2.05) is 12.1 Å². The normalized spacial score (nSPS) is 11.8. The maximum Gasteiger partial charge on any atom is 0.343 e. The quantitative estimate of drug-likeness (QED) is 0.544. The fourth-order valence-corrected chi connectivity index (χ4v) is 3.27. The fraction of sp³-hybridized carbons (Fsp3) is 0.190. The molecule has 0 spiro atoms. The van der Waals surface area contributed by atoms with Gasteiger partial charge in [-0.05, 0) is 43.7 Å². The molecule has 0 fully saturated rings. The van der Waals surface area contributed by atoms with Crippen LogP contribution in [0.2, 0.25) is 10.2 Å². The fourth-order valence-electron chi connectivity index (χ4n) is 2.76. The van der Waals surface area contributed by atoms with Crippen LogP contribution in [0.3, 0.4) is 0 Å². The zero-order valence-corrected chi connectivity index (χ0v) is 17.7. The van der Waals surface area contributed by atoms with E-state index >= 15 is 0 Å². The van der Waals surface area contributed by atoms with E-state index in [4.69, 9.17) is 27.9 Å². The van der Waals surface area contributed by atoms with Crippen molar-refractivity contribution in [1.82, 2.24) is 9.78 Å². The van der Waals surface area contributed by atoms with Gasteiger partial charge >= 0.3 is 5.97 Å². The number of carbonyl (C=O) groups is 2. The molecule has 1 amide bonds. The summed E-state index contributed by atoms with van der Waals surface area (Å²) in [7, 11) is 0. The molecule has 3 aromatic rings. The molecule has 0 saturated carbocycles. The summed E-state index contributed by atoms with van der Waals surface area (Å²) in [6.45, 7) is 3.29. The van der Waals surface area contributed by atoms with Gasteiger partial charge in [0.05, 0.1) is 12.2 Å². The number of aromatic nitrogens is 2. The monoisotopic (exact) mass is 449 g/mol. The molecule has 1 atom stereocenters. The third-order valence-electron chi connectivity index (χ3n) is 4.29. The molecule has 2 aromatic carbocycles. The van der Waals surface area contributed by atoms with Crippen LogP contribution in [0.1, 0.15) is 28.5 Å². The van der Waals surface area contributed by atoms with Crippen LogP contribution in [-0.4, -0.2) is 27.8 Å². The summed E-state index contributed by atoms with van der Waals surface area (Å²) in [6, 6.07) is 12.6. The Bertz CT molecular complexity index is 1100. The number of hydrogen-bond donors (Lipinski definition) is 1. The van der Waals surface area contributed by atoms with E-state index in [-0.39, 0.29) is 22.9 Å². The lowest BCUT2D eigenvalue weighted by Crippen LogP contribution is -2.30. The summed E-state index contributed by atoms with van der Waals surface area (Å²) < 4.78 is 19.9. The number of halogens is 3. The molecular weight excluding hydrogens is 432 g/mol. The largest absolute Gasteiger partial charge is 0.449 e. The molecule has 9 heteroatoms. The molecule has 156 valence electrons. The van der Waals surface area contributed by atoms with Crippen LogP contribution in [0.5, 0.6) is 0 Å². The van der Waals surface area contributed by atoms with Gasteiger partial charge in [-0.1, -0.05) is 47.5 Å². The van der Waals surface area contributed by atoms with E-state index in [2.05, 4.69) is 10.4 Å². The molecule has 1 aromatic heterocycles. The van der Waals surface area contributed by atoms with Gasteiger partial charge < -0.3 is 10.1 Å². The second kappa shape index (κ2) is 9.28. The Morgan fingerprint density at radius 3 is 2.63 bits per heavy atom. The Kier molecular flexibility index (Phi) is 6.74. The molecule has 1 heterocycles. The predicted octanol–water partition coefficient (Wildman–Crippen LogP) is 4.87. The van der Waals surface area contributed by atoms with Crippen LogP contribution in [0.25, 0.3) is 0 Å². The van der Waals surface area contributed by atoms with Crippen molar-refractivity contribution in [1.29, 1.82) is 0 Å². The zero-order valence-electron chi connectivity index (χ0n) is 16.2. The third kappa shape index (κ3) is 4.98. The Morgan fingerprint density at radius 2 is 1.93 bits per heavy atom. The van der Waals surface area contributed by atoms with E-state index in [1.165, 1.54) is 29.8 Å². The van der Waals surface area contributed by atoms with Gasteiger partial charge in [0.15, 0.2) is 6.10 Å². The number of rotatable bonds is 6. The van der Waals surface area contributed by atoms with Crippen molar-refractivity contribution >= 4 is 40.8 Å². The summed E-state index contributed by atoms with van der Waals surface area (Å²) in [4.78, 5) is 24.9. The molecule has 0 saturated heterocycles. The molecule has 0 aliphatic rings. The van der Waals surface area contributed by atoms with Gasteiger partial charge in [0.1, 0.15) is 16.5 Å². The van der Waals surface area contributed by atoms with E-state index < -0.39 is 23.8 Å². The number of amides is 1. The smallest absolute Gasteiger partial charge is 0.343 e. The standard InChI is InChI=1S/C21H18Cl2FN3O3/c1-12-18(19(23)27(26-12)11-14-6-3-4-9-17(14)22)21(29)30-13(2)20(28)25-16-8-5-7-15(24)10-16/h3-10,13H,11H2,1-2H3,(H,25,28). The first-order valence-electron chi connectivity index (χ1n) is 9.00. The van der Waals surface area contributed by atoms with Crippen LogP contribution in [0.4, 0.5) is 10.1 Å². The Balaban J connectivity index is 1.71. The minimum absolute atomic E-state index is 0.0640. The van der Waals surface area contributed by atoms with Crippen molar-refractivity contribution in [3.63, 3.8) is 0 Å². The molecule has 0 aliphatic heterocycles. The molecule has 1 unspecified atom stereocenters. The summed E-state index contributed by atoms with van der Waals surface area (Å²) in [6.07, 6.45) is -1.14. The third-order valence-corrected chi connectivity index (χ3v) is 5.05. The van der Waals surface area contributed by atoms with E-state index in [0.717, 1.165) is 11.6 Å². The van der Waals surface area contributed by atoms with Crippen molar-refractivity contribution in [2.45, 2.75) is 26.5 Å². The lowest BCUT2D eigenvalue weighted by atomic mass is 10.2. The van der Waals surface area contributed by atoms with Crippen molar-refractivity contribution in [2.24, 2.45) is 0 Å². The number of ether oxygens (including phenoxy) is 1. The maximum atomic E-state index is 13.3. The highest BCUT2D eigenvalue weighted by molar-refractivity contribution is 6.33. The molecule has 6 nitrogen and oxygen atoms in total. The van der Waals surface area contributed by atoms with E-state index in [0.29, 0.717) is 10.7 Å². The number of anilines is 1. The minimum atomic E-state index is -1.14. The number of benzene rings is 2. The van der Waals surface area contributed by atoms with Crippen molar-refractivity contribution in [2.75, 3.05) is 5.32 Å². The van der Waals surface area contributed by atoms with Crippen LogP contribution in [0, 0.1) is 12.7 Å². The van der Waals surface area contributed by atoms with Gasteiger partial charge in [0.2, 0.25) is 0 Å². The van der Waals surface area contributed by atoms with Gasteiger partial charge in [-0.15, -0.1) is 0 Å². The van der Waals surface area contributed by atoms with Gasteiger partial charge in [0, 0.05) is 10.7 Å². The first-order valence-corrected chi connectivity index (χ1v) is 9.75. The first kappa shape index (κ1) is 21.8. The second-order valence-corrected chi connectivity index (χ2v) is 7.31. The molecule has 0 bridgehead atoms. The number of esters is 1. The Hall–Kier alpha value is -2.90. The Labute approximate surface area is 182 Å². The average molecular weight is 450 g/mol. The Morgan fingerprint density at radius 1 is 1.20 bits per heavy atom. The van der Waals surface area contributed by atoms with E-state index in [9.17, 15) is 14.0 Å². The van der Waals surface area contributed by atoms with Crippen LogP contribution in [0.15, 0.2) is 48.5 Å². The van der Waals surface area contributed by atoms with Crippen molar-refractivity contribution in [3.05, 3.63) is 81.3 Å². The number of nitrogens with zero attached hydrogens (tertiary/aromatic N) is 2. The molecule has 0 aliphatic carbocycles. The lowest BCUT2D eigenvalue weighted by molar-refractivity contribution is -0.123. The van der Waals surface area contributed by atoms with Crippen molar-refractivity contribution in [3.8, 4) is 0 Å². The summed E-state index contributed by atoms with van der Waals surface area (Å²) in [5.74, 6) is -1.89. The van der Waals surface area contributed by atoms with E-state index in [1.54, 1.807) is 19.1 Å². The highest BCUT2D eigenvalue weighted by Crippen LogP contribution is 2.24. The minimum Gasteiger partial charge on any atom is -0.449 e. The highest BCUT2D eigenvalue weighted by Gasteiger charge is 2.26. The number of carbonyl (C=O) groups excluding carboxylic acids is 2. The topological polar surface area (TPSA) is 73.2 Å². The summed E-state index contributed by atoms with van der Waals surface area (Å²) >= 11 is 12.5. The average Bonchev–Trinajstić information content (AvgIpc) is 2.96. The summed E-state index contributed by atoms with van der Waals surface area (Å²) in [5, 5.41) is 7.40. The van der Waals surface area contributed by atoms with Gasteiger partial charge in [0.25, 0.3) is 5.91 Å². The van der Waals surface area contributed by atoms with Gasteiger partial charge in [-0.25, -0.2) is 13.9 Å². The highest BCUT2D eigenvalue weighted by atomic mass is 35.5. The zero-order chi connectivity index (χ0) is 21.8. The number of hydrogen-bond acceptors (Lipinski definition) is 4. The molecule has 1 N–H and O–H groups in total. The van der Waals surface area contributed by atoms with Gasteiger partial charge in [-0.3, -0.25) is 4.79 Å². The SMILES string of the molecule is Cc1nn(Cc2ccccc2Cl)c(Cl)c1C(=O)OC(C)C(=O)Nc1cccc(F)c1. The molecular formula is C21H18Cl2FN3O3. The second-order valence-electron chi connectivity index (χ2n) is 6.55. The molecule has 30 heavy (non-hydrogen) atoms.